The normalized spacial score (nSPS) is 15.5. The number of aryl methyl sites for hydroxylation is 1. The number of hydrogen-bond donors (Lipinski definition) is 0. The van der Waals surface area contributed by atoms with Gasteiger partial charge in [0.15, 0.2) is 0 Å². The SMILES string of the molecule is CCOc1ccc(CN2CCN(C(=O)c3cccn3C)CC2)cn1. The minimum atomic E-state index is 0.116. The first-order chi connectivity index (χ1) is 11.7. The first-order valence-corrected chi connectivity index (χ1v) is 8.38. The molecular weight excluding hydrogens is 304 g/mol. The van der Waals surface area contributed by atoms with E-state index in [1.165, 1.54) is 5.56 Å². The molecule has 0 bridgehead atoms. The van der Waals surface area contributed by atoms with Gasteiger partial charge in [0.25, 0.3) is 5.91 Å². The highest BCUT2D eigenvalue weighted by Crippen LogP contribution is 2.13. The molecule has 2 aromatic rings. The van der Waals surface area contributed by atoms with E-state index < -0.39 is 0 Å². The summed E-state index contributed by atoms with van der Waals surface area (Å²) in [5, 5.41) is 0. The van der Waals surface area contributed by atoms with Crippen molar-refractivity contribution in [2.45, 2.75) is 13.5 Å². The third-order valence-electron chi connectivity index (χ3n) is 4.32. The molecule has 0 atom stereocenters. The molecule has 3 rings (SSSR count). The highest BCUT2D eigenvalue weighted by molar-refractivity contribution is 5.92. The molecule has 0 radical (unpaired) electrons. The number of ether oxygens (including phenoxy) is 1. The first-order valence-electron chi connectivity index (χ1n) is 8.38. The van der Waals surface area contributed by atoms with Crippen LogP contribution in [0.5, 0.6) is 5.88 Å². The molecule has 6 heteroatoms. The van der Waals surface area contributed by atoms with Crippen LogP contribution in [0.15, 0.2) is 36.7 Å². The lowest BCUT2D eigenvalue weighted by Gasteiger charge is -2.34. The van der Waals surface area contributed by atoms with Crippen LogP contribution in [0, 0.1) is 0 Å². The van der Waals surface area contributed by atoms with Crippen LogP contribution in [0.1, 0.15) is 23.0 Å². The molecule has 1 amide bonds. The van der Waals surface area contributed by atoms with Crippen LogP contribution in [0.25, 0.3) is 0 Å². The molecule has 1 fully saturated rings. The maximum atomic E-state index is 12.5. The monoisotopic (exact) mass is 328 g/mol. The number of nitrogens with zero attached hydrogens (tertiary/aromatic N) is 4. The van der Waals surface area contributed by atoms with Gasteiger partial charge in [-0.05, 0) is 24.6 Å². The Bertz CT molecular complexity index is 673. The van der Waals surface area contributed by atoms with Crippen molar-refractivity contribution >= 4 is 5.91 Å². The third-order valence-corrected chi connectivity index (χ3v) is 4.32. The zero-order chi connectivity index (χ0) is 16.9. The molecule has 0 saturated carbocycles. The fraction of sp³-hybridized carbons (Fsp3) is 0.444. The lowest BCUT2D eigenvalue weighted by atomic mass is 10.2. The van der Waals surface area contributed by atoms with E-state index in [9.17, 15) is 4.79 Å². The summed E-state index contributed by atoms with van der Waals surface area (Å²) in [5.74, 6) is 0.782. The molecule has 0 N–H and O–H groups in total. The summed E-state index contributed by atoms with van der Waals surface area (Å²) in [4.78, 5) is 21.1. The maximum Gasteiger partial charge on any atom is 0.270 e. The van der Waals surface area contributed by atoms with Gasteiger partial charge in [-0.15, -0.1) is 0 Å². The van der Waals surface area contributed by atoms with Gasteiger partial charge in [0, 0.05) is 58.2 Å². The van der Waals surface area contributed by atoms with Crippen molar-refractivity contribution in [3.05, 3.63) is 47.9 Å². The second-order valence-electron chi connectivity index (χ2n) is 6.01. The van der Waals surface area contributed by atoms with Gasteiger partial charge in [-0.2, -0.15) is 0 Å². The number of hydrogen-bond acceptors (Lipinski definition) is 4. The van der Waals surface area contributed by atoms with Crippen molar-refractivity contribution in [2.75, 3.05) is 32.8 Å². The van der Waals surface area contributed by atoms with Crippen molar-refractivity contribution in [3.63, 3.8) is 0 Å². The van der Waals surface area contributed by atoms with E-state index in [0.29, 0.717) is 12.5 Å². The van der Waals surface area contributed by atoms with Crippen LogP contribution in [0.2, 0.25) is 0 Å². The Morgan fingerprint density at radius 3 is 2.58 bits per heavy atom. The van der Waals surface area contributed by atoms with Gasteiger partial charge >= 0.3 is 0 Å². The van der Waals surface area contributed by atoms with Gasteiger partial charge in [0.2, 0.25) is 5.88 Å². The summed E-state index contributed by atoms with van der Waals surface area (Å²) < 4.78 is 7.24. The summed E-state index contributed by atoms with van der Waals surface area (Å²) in [6, 6.07) is 7.75. The van der Waals surface area contributed by atoms with E-state index in [1.54, 1.807) is 0 Å². The Labute approximate surface area is 142 Å². The number of piperazine rings is 1. The van der Waals surface area contributed by atoms with Gasteiger partial charge < -0.3 is 14.2 Å². The largest absolute Gasteiger partial charge is 0.478 e. The fourth-order valence-corrected chi connectivity index (χ4v) is 2.95. The Morgan fingerprint density at radius 1 is 1.21 bits per heavy atom. The molecule has 1 saturated heterocycles. The second-order valence-corrected chi connectivity index (χ2v) is 6.01. The zero-order valence-electron chi connectivity index (χ0n) is 14.3. The summed E-state index contributed by atoms with van der Waals surface area (Å²) in [5.41, 5.74) is 1.92. The number of carbonyl (C=O) groups is 1. The standard InChI is InChI=1S/C18H24N4O2/c1-3-24-17-7-6-15(13-19-17)14-21-9-11-22(12-10-21)18(23)16-5-4-8-20(16)2/h4-8,13H,3,9-12,14H2,1-2H3. The van der Waals surface area contributed by atoms with Crippen molar-refractivity contribution in [1.29, 1.82) is 0 Å². The molecule has 6 nitrogen and oxygen atoms in total. The predicted octanol–water partition coefficient (Wildman–Crippen LogP) is 1.78. The van der Waals surface area contributed by atoms with Crippen LogP contribution in [0.4, 0.5) is 0 Å². The Kier molecular flexibility index (Phi) is 5.15. The first kappa shape index (κ1) is 16.5. The Morgan fingerprint density at radius 2 is 2.00 bits per heavy atom. The zero-order valence-corrected chi connectivity index (χ0v) is 14.3. The molecule has 0 spiro atoms. The van der Waals surface area contributed by atoms with E-state index >= 15 is 0 Å². The second kappa shape index (κ2) is 7.49. The molecular formula is C18H24N4O2. The predicted molar refractivity (Wildman–Crippen MR) is 92.0 cm³/mol. The number of aromatic nitrogens is 2. The van der Waals surface area contributed by atoms with E-state index in [4.69, 9.17) is 4.74 Å². The van der Waals surface area contributed by atoms with Crippen LogP contribution in [0.3, 0.4) is 0 Å². The molecule has 0 aromatic carbocycles. The van der Waals surface area contributed by atoms with E-state index in [1.807, 2.05) is 54.0 Å². The Balaban J connectivity index is 1.51. The maximum absolute atomic E-state index is 12.5. The van der Waals surface area contributed by atoms with Crippen molar-refractivity contribution in [1.82, 2.24) is 19.4 Å². The molecule has 128 valence electrons. The Hall–Kier alpha value is -2.34. The number of amides is 1. The molecule has 1 aliphatic heterocycles. The summed E-state index contributed by atoms with van der Waals surface area (Å²) >= 11 is 0. The average molecular weight is 328 g/mol. The lowest BCUT2D eigenvalue weighted by molar-refractivity contribution is 0.0619. The van der Waals surface area contributed by atoms with Crippen molar-refractivity contribution in [2.24, 2.45) is 7.05 Å². The molecule has 1 aliphatic rings. The minimum absolute atomic E-state index is 0.116. The molecule has 2 aromatic heterocycles. The summed E-state index contributed by atoms with van der Waals surface area (Å²) in [6.45, 7) is 6.70. The van der Waals surface area contributed by atoms with E-state index in [-0.39, 0.29) is 5.91 Å². The summed E-state index contributed by atoms with van der Waals surface area (Å²) in [7, 11) is 1.91. The number of carbonyl (C=O) groups excluding carboxylic acids is 1. The third kappa shape index (κ3) is 3.76. The van der Waals surface area contributed by atoms with Gasteiger partial charge in [-0.1, -0.05) is 6.07 Å². The molecule has 24 heavy (non-hydrogen) atoms. The fourth-order valence-electron chi connectivity index (χ4n) is 2.95. The van der Waals surface area contributed by atoms with E-state index in [0.717, 1.165) is 38.4 Å². The number of pyridine rings is 1. The van der Waals surface area contributed by atoms with Crippen LogP contribution < -0.4 is 4.74 Å². The van der Waals surface area contributed by atoms with Gasteiger partial charge in [0.1, 0.15) is 5.69 Å². The van der Waals surface area contributed by atoms with E-state index in [2.05, 4.69) is 16.0 Å². The minimum Gasteiger partial charge on any atom is -0.478 e. The smallest absolute Gasteiger partial charge is 0.270 e. The van der Waals surface area contributed by atoms with Crippen LogP contribution in [-0.4, -0.2) is 58.0 Å². The van der Waals surface area contributed by atoms with Crippen LogP contribution in [-0.2, 0) is 13.6 Å². The molecule has 0 unspecified atom stereocenters. The number of rotatable bonds is 5. The van der Waals surface area contributed by atoms with Crippen LogP contribution >= 0.6 is 0 Å². The quantitative estimate of drug-likeness (QED) is 0.839. The van der Waals surface area contributed by atoms with Gasteiger partial charge in [-0.3, -0.25) is 9.69 Å². The highest BCUT2D eigenvalue weighted by Gasteiger charge is 2.23. The topological polar surface area (TPSA) is 50.6 Å². The lowest BCUT2D eigenvalue weighted by Crippen LogP contribution is -2.48. The highest BCUT2D eigenvalue weighted by atomic mass is 16.5. The van der Waals surface area contributed by atoms with Gasteiger partial charge in [0.05, 0.1) is 6.61 Å². The van der Waals surface area contributed by atoms with Gasteiger partial charge in [-0.25, -0.2) is 4.98 Å². The average Bonchev–Trinajstić information content (AvgIpc) is 3.03. The van der Waals surface area contributed by atoms with Crippen molar-refractivity contribution in [3.8, 4) is 5.88 Å². The summed E-state index contributed by atoms with van der Waals surface area (Å²) in [6.07, 6.45) is 3.77. The van der Waals surface area contributed by atoms with Crippen molar-refractivity contribution < 1.29 is 9.53 Å². The molecule has 3 heterocycles. The molecule has 0 aliphatic carbocycles.